The molecule has 0 aromatic heterocycles. The Kier molecular flexibility index (Phi) is 6.89. The van der Waals surface area contributed by atoms with Gasteiger partial charge in [0.05, 0.1) is 5.25 Å². The Bertz CT molecular complexity index is 448. The number of nitrogens with zero attached hydrogens (tertiary/aromatic N) is 1. The minimum Gasteiger partial charge on any atom is -0.278 e. The molecule has 0 bridgehead atoms. The first-order valence-corrected chi connectivity index (χ1v) is 11.7. The summed E-state index contributed by atoms with van der Waals surface area (Å²) in [6.45, 7) is 1.46. The lowest BCUT2D eigenvalue weighted by atomic mass is 9.84. The molecule has 2 aliphatic rings. The smallest absolute Gasteiger partial charge is 0.278 e. The van der Waals surface area contributed by atoms with Crippen molar-refractivity contribution in [3.8, 4) is 0 Å². The van der Waals surface area contributed by atoms with Gasteiger partial charge >= 0.3 is 6.69 Å². The van der Waals surface area contributed by atoms with Gasteiger partial charge in [-0.1, -0.05) is 47.0 Å². The van der Waals surface area contributed by atoms with Gasteiger partial charge in [0, 0.05) is 5.92 Å². The molecule has 4 nitrogen and oxygen atoms in total. The van der Waals surface area contributed by atoms with Crippen molar-refractivity contribution in [1.82, 2.24) is 4.22 Å². The molecule has 1 atom stereocenters. The van der Waals surface area contributed by atoms with Gasteiger partial charge in [0.2, 0.25) is 15.9 Å². The molecule has 21 heavy (non-hydrogen) atoms. The van der Waals surface area contributed by atoms with Gasteiger partial charge in [-0.05, 0) is 25.7 Å². The predicted octanol–water partition coefficient (Wildman–Crippen LogP) is 3.12. The first-order chi connectivity index (χ1) is 10.1. The Hall–Kier alpha value is 0.265. The average Bonchev–Trinajstić information content (AvgIpc) is 2.32. The molecular weight excluding hydrogens is 324 g/mol. The van der Waals surface area contributed by atoms with Gasteiger partial charge in [-0.25, -0.2) is 8.42 Å². The number of carbonyl (C=O) groups excluding carboxylic acids is 1. The van der Waals surface area contributed by atoms with Crippen molar-refractivity contribution in [2.45, 2.75) is 69.5 Å². The summed E-state index contributed by atoms with van der Waals surface area (Å²) in [4.78, 5) is 12.5. The molecule has 1 unspecified atom stereocenters. The molecular formula is C13H24BNO3PS2. The molecule has 1 amide bonds. The molecule has 0 spiro atoms. The second-order valence-corrected chi connectivity index (χ2v) is 9.40. The Labute approximate surface area is 135 Å². The fraction of sp³-hybridized carbons (Fsp3) is 0.923. The molecule has 0 saturated heterocycles. The second kappa shape index (κ2) is 8.21. The van der Waals surface area contributed by atoms with Crippen LogP contribution in [0.25, 0.3) is 0 Å². The van der Waals surface area contributed by atoms with Crippen molar-refractivity contribution in [2.24, 2.45) is 5.92 Å². The number of hydrogen-bond donors (Lipinski definition) is 0. The molecule has 0 aromatic carbocycles. The zero-order chi connectivity index (χ0) is 15.3. The Morgan fingerprint density at radius 1 is 1.00 bits per heavy atom. The Morgan fingerprint density at radius 3 is 2.05 bits per heavy atom. The molecule has 119 valence electrons. The van der Waals surface area contributed by atoms with Crippen LogP contribution >= 0.6 is 19.7 Å². The quantitative estimate of drug-likeness (QED) is 0.566. The fourth-order valence-electron chi connectivity index (χ4n) is 3.00. The summed E-state index contributed by atoms with van der Waals surface area (Å²) < 4.78 is 26.8. The van der Waals surface area contributed by atoms with Crippen molar-refractivity contribution in [3.05, 3.63) is 0 Å². The maximum atomic E-state index is 12.9. The third-order valence-corrected chi connectivity index (χ3v) is 7.55. The highest BCUT2D eigenvalue weighted by atomic mass is 32.7. The van der Waals surface area contributed by atoms with E-state index >= 15 is 0 Å². The summed E-state index contributed by atoms with van der Waals surface area (Å²) in [6, 6.07) is 0. The zero-order valence-electron chi connectivity index (χ0n) is 12.4. The van der Waals surface area contributed by atoms with Crippen molar-refractivity contribution in [1.29, 1.82) is 0 Å². The standard InChI is InChI=1S/C13H24BNO3PS2/c16-13(11-7-6-8-11)15(14-20-19)21(17,18)12-9-4-2-1-3-5-10-12/h11-12H,1-10,19H2. The first kappa shape index (κ1) is 17.6. The van der Waals surface area contributed by atoms with Gasteiger partial charge in [0.25, 0.3) is 0 Å². The molecule has 2 aliphatic carbocycles. The maximum absolute atomic E-state index is 12.9. The van der Waals surface area contributed by atoms with E-state index in [-0.39, 0.29) is 11.8 Å². The van der Waals surface area contributed by atoms with Gasteiger partial charge < -0.3 is 0 Å². The van der Waals surface area contributed by atoms with Crippen LogP contribution in [0, 0.1) is 5.92 Å². The van der Waals surface area contributed by atoms with Crippen LogP contribution in [-0.4, -0.2) is 30.5 Å². The highest BCUT2D eigenvalue weighted by Gasteiger charge is 2.39. The van der Waals surface area contributed by atoms with Gasteiger partial charge in [-0.15, -0.1) is 0 Å². The van der Waals surface area contributed by atoms with E-state index in [2.05, 4.69) is 8.44 Å². The SMILES string of the molecule is O=C(C1CCC1)N([B]SP)S(=O)(=O)C1CCCCCCC1. The summed E-state index contributed by atoms with van der Waals surface area (Å²) >= 11 is 1.21. The summed E-state index contributed by atoms with van der Waals surface area (Å²) in [6.07, 6.45) is 9.35. The van der Waals surface area contributed by atoms with E-state index < -0.39 is 15.3 Å². The molecule has 2 saturated carbocycles. The number of amides is 1. The van der Waals surface area contributed by atoms with E-state index in [1.165, 1.54) is 24.3 Å². The van der Waals surface area contributed by atoms with Crippen molar-refractivity contribution < 1.29 is 13.2 Å². The van der Waals surface area contributed by atoms with E-state index in [0.29, 0.717) is 12.8 Å². The lowest BCUT2D eigenvalue weighted by Crippen LogP contribution is -2.47. The second-order valence-electron chi connectivity index (χ2n) is 6.02. The van der Waals surface area contributed by atoms with E-state index in [1.807, 2.05) is 0 Å². The Morgan fingerprint density at radius 2 is 1.57 bits per heavy atom. The molecule has 2 rings (SSSR count). The van der Waals surface area contributed by atoms with Crippen LogP contribution in [-0.2, 0) is 14.8 Å². The summed E-state index contributed by atoms with van der Waals surface area (Å²) in [5.74, 6) is -0.319. The topological polar surface area (TPSA) is 54.5 Å². The monoisotopic (exact) mass is 348 g/mol. The van der Waals surface area contributed by atoms with Crippen LogP contribution in [0.15, 0.2) is 0 Å². The highest BCUT2D eigenvalue weighted by molar-refractivity contribution is 8.58. The number of sulfonamides is 1. The van der Waals surface area contributed by atoms with E-state index in [0.717, 1.165) is 49.2 Å². The number of hydrogen-bond acceptors (Lipinski definition) is 4. The summed E-state index contributed by atoms with van der Waals surface area (Å²) in [7, 11) is -1.15. The Balaban J connectivity index is 2.12. The molecule has 0 heterocycles. The third kappa shape index (κ3) is 4.39. The summed E-state index contributed by atoms with van der Waals surface area (Å²) in [5, 5.41) is -0.393. The van der Waals surface area contributed by atoms with Crippen LogP contribution in [0.2, 0.25) is 0 Å². The zero-order valence-corrected chi connectivity index (χ0v) is 15.2. The molecule has 8 heteroatoms. The first-order valence-electron chi connectivity index (χ1n) is 7.83. The lowest BCUT2D eigenvalue weighted by Gasteiger charge is -2.33. The average molecular weight is 348 g/mol. The number of carbonyl (C=O) groups is 1. The van der Waals surface area contributed by atoms with Gasteiger partial charge in [-0.3, -0.25) is 9.01 Å². The largest absolute Gasteiger partial charge is 0.352 e. The van der Waals surface area contributed by atoms with Crippen molar-refractivity contribution in [2.75, 3.05) is 0 Å². The molecule has 0 aliphatic heterocycles. The highest BCUT2D eigenvalue weighted by Crippen LogP contribution is 2.32. The minimum absolute atomic E-state index is 0.0956. The predicted molar refractivity (Wildman–Crippen MR) is 92.3 cm³/mol. The molecule has 1 radical (unpaired) electrons. The molecule has 0 aromatic rings. The lowest BCUT2D eigenvalue weighted by molar-refractivity contribution is -0.129. The fourth-order valence-corrected chi connectivity index (χ4v) is 6.13. The molecule has 0 N–H and O–H groups in total. The maximum Gasteiger partial charge on any atom is 0.352 e. The van der Waals surface area contributed by atoms with Gasteiger partial charge in [0.1, 0.15) is 0 Å². The van der Waals surface area contributed by atoms with E-state index in [9.17, 15) is 13.2 Å². The van der Waals surface area contributed by atoms with E-state index in [1.54, 1.807) is 0 Å². The van der Waals surface area contributed by atoms with Crippen LogP contribution < -0.4 is 0 Å². The number of rotatable bonds is 5. The summed E-state index contributed by atoms with van der Waals surface area (Å²) in [5.41, 5.74) is 0. The van der Waals surface area contributed by atoms with Crippen LogP contribution in [0.5, 0.6) is 0 Å². The van der Waals surface area contributed by atoms with E-state index in [4.69, 9.17) is 0 Å². The van der Waals surface area contributed by atoms with Crippen LogP contribution in [0.1, 0.15) is 64.2 Å². The van der Waals surface area contributed by atoms with Gasteiger partial charge in [-0.2, -0.15) is 11.2 Å². The normalized spacial score (nSPS) is 22.0. The van der Waals surface area contributed by atoms with Gasteiger partial charge in [0.15, 0.2) is 0 Å². The minimum atomic E-state index is -3.55. The molecule has 2 fully saturated rings. The van der Waals surface area contributed by atoms with Crippen LogP contribution in [0.3, 0.4) is 0 Å². The van der Waals surface area contributed by atoms with Crippen LogP contribution in [0.4, 0.5) is 0 Å². The third-order valence-electron chi connectivity index (χ3n) is 4.58. The van der Waals surface area contributed by atoms with Crippen molar-refractivity contribution >= 4 is 42.3 Å². The van der Waals surface area contributed by atoms with Crippen molar-refractivity contribution in [3.63, 3.8) is 0 Å².